The summed E-state index contributed by atoms with van der Waals surface area (Å²) in [5.74, 6) is 0.993. The maximum Gasteiger partial charge on any atom is 0.197 e. The second kappa shape index (κ2) is 2.48. The van der Waals surface area contributed by atoms with Gasteiger partial charge in [0.15, 0.2) is 5.95 Å². The first-order valence-corrected chi connectivity index (χ1v) is 4.27. The van der Waals surface area contributed by atoms with Crippen LogP contribution in [0.2, 0.25) is 0 Å². The van der Waals surface area contributed by atoms with Gasteiger partial charge in [-0.05, 0) is 6.92 Å². The molecule has 1 aromatic rings. The lowest BCUT2D eigenvalue weighted by molar-refractivity contribution is 0.482. The molecule has 0 bridgehead atoms. The van der Waals surface area contributed by atoms with Crippen LogP contribution in [0.15, 0.2) is 0 Å². The van der Waals surface area contributed by atoms with Crippen LogP contribution in [-0.4, -0.2) is 16.5 Å². The summed E-state index contributed by atoms with van der Waals surface area (Å²) in [6, 6.07) is 0.348. The summed E-state index contributed by atoms with van der Waals surface area (Å²) in [5.41, 5.74) is 7.86. The first-order chi connectivity index (χ1) is 5.68. The predicted molar refractivity (Wildman–Crippen MR) is 47.8 cm³/mol. The molecule has 2 atom stereocenters. The van der Waals surface area contributed by atoms with E-state index in [2.05, 4.69) is 29.1 Å². The molecule has 66 valence electrons. The molecule has 1 aromatic heterocycles. The van der Waals surface area contributed by atoms with E-state index in [1.54, 1.807) is 0 Å². The van der Waals surface area contributed by atoms with E-state index in [1.807, 2.05) is 0 Å². The van der Waals surface area contributed by atoms with E-state index in [-0.39, 0.29) is 0 Å². The molecular formula is C8H14N4. The Morgan fingerprint density at radius 1 is 1.50 bits per heavy atom. The fourth-order valence-electron chi connectivity index (χ4n) is 1.68. The third-order valence-electron chi connectivity index (χ3n) is 2.41. The number of hydrogen-bond donors (Lipinski definition) is 3. The number of nitrogens with one attached hydrogen (secondary N) is 2. The van der Waals surface area contributed by atoms with Crippen LogP contribution in [0.25, 0.3) is 0 Å². The molecule has 0 saturated carbocycles. The first-order valence-electron chi connectivity index (χ1n) is 4.27. The average Bonchev–Trinajstić information content (AvgIpc) is 2.41. The predicted octanol–water partition coefficient (Wildman–Crippen LogP) is 0.760. The lowest BCUT2D eigenvalue weighted by Gasteiger charge is -2.23. The summed E-state index contributed by atoms with van der Waals surface area (Å²) >= 11 is 0. The molecular weight excluding hydrogens is 152 g/mol. The number of nitrogen functional groups attached to an aromatic ring is 1. The molecule has 0 fully saturated rings. The Hall–Kier alpha value is -1.03. The molecule has 0 aromatic carbocycles. The summed E-state index contributed by atoms with van der Waals surface area (Å²) in [6.45, 7) is 5.25. The van der Waals surface area contributed by atoms with Crippen molar-refractivity contribution >= 4 is 5.95 Å². The highest BCUT2D eigenvalue weighted by Crippen LogP contribution is 2.27. The molecule has 0 amide bonds. The quantitative estimate of drug-likeness (QED) is 0.533. The Morgan fingerprint density at radius 2 is 2.25 bits per heavy atom. The Morgan fingerprint density at radius 3 is 2.92 bits per heavy atom. The standard InChI is InChI=1S/C8H14N4/c1-4-3-10-5(2)7-6(4)11-8(9)12-7/h4-5,10H,3H2,1-2H3,(H3,9,11,12). The molecule has 2 rings (SSSR count). The van der Waals surface area contributed by atoms with Crippen molar-refractivity contribution in [3.8, 4) is 0 Å². The molecule has 2 heterocycles. The van der Waals surface area contributed by atoms with Crippen LogP contribution < -0.4 is 11.1 Å². The largest absolute Gasteiger partial charge is 0.369 e. The summed E-state index contributed by atoms with van der Waals surface area (Å²) in [7, 11) is 0. The van der Waals surface area contributed by atoms with E-state index in [4.69, 9.17) is 5.73 Å². The molecule has 12 heavy (non-hydrogen) atoms. The van der Waals surface area contributed by atoms with Gasteiger partial charge in [-0.15, -0.1) is 0 Å². The van der Waals surface area contributed by atoms with Gasteiger partial charge in [0, 0.05) is 18.5 Å². The van der Waals surface area contributed by atoms with Gasteiger partial charge in [-0.25, -0.2) is 4.98 Å². The Balaban J connectivity index is 2.47. The first kappa shape index (κ1) is 7.61. The van der Waals surface area contributed by atoms with Crippen LogP contribution in [0.1, 0.15) is 37.2 Å². The molecule has 2 unspecified atom stereocenters. The monoisotopic (exact) mass is 166 g/mol. The summed E-state index contributed by atoms with van der Waals surface area (Å²) < 4.78 is 0. The Kier molecular flexibility index (Phi) is 1.58. The van der Waals surface area contributed by atoms with Crippen molar-refractivity contribution in [2.24, 2.45) is 0 Å². The van der Waals surface area contributed by atoms with Gasteiger partial charge >= 0.3 is 0 Å². The highest BCUT2D eigenvalue weighted by molar-refractivity contribution is 5.32. The van der Waals surface area contributed by atoms with Crippen LogP contribution in [0.3, 0.4) is 0 Å². The lowest BCUT2D eigenvalue weighted by atomic mass is 9.98. The molecule has 0 saturated heterocycles. The number of rotatable bonds is 0. The highest BCUT2D eigenvalue weighted by Gasteiger charge is 2.24. The molecule has 4 nitrogen and oxygen atoms in total. The van der Waals surface area contributed by atoms with Crippen LogP contribution in [0, 0.1) is 0 Å². The molecule has 1 aliphatic rings. The van der Waals surface area contributed by atoms with Gasteiger partial charge in [0.1, 0.15) is 0 Å². The molecule has 4 heteroatoms. The van der Waals surface area contributed by atoms with Crippen molar-refractivity contribution in [1.29, 1.82) is 0 Å². The fraction of sp³-hybridized carbons (Fsp3) is 0.625. The number of H-pyrrole nitrogens is 1. The maximum atomic E-state index is 5.59. The minimum absolute atomic E-state index is 0.348. The Bertz CT molecular complexity index is 264. The maximum absolute atomic E-state index is 5.59. The van der Waals surface area contributed by atoms with E-state index in [9.17, 15) is 0 Å². The zero-order valence-corrected chi connectivity index (χ0v) is 7.39. The number of nitrogens with two attached hydrogens (primary N) is 1. The number of anilines is 1. The number of imidazole rings is 1. The molecule has 0 radical (unpaired) electrons. The van der Waals surface area contributed by atoms with E-state index in [1.165, 1.54) is 0 Å². The van der Waals surface area contributed by atoms with Crippen molar-refractivity contribution in [3.05, 3.63) is 11.4 Å². The lowest BCUT2D eigenvalue weighted by Crippen LogP contribution is -2.30. The van der Waals surface area contributed by atoms with Crippen LogP contribution in [0.4, 0.5) is 5.95 Å². The van der Waals surface area contributed by atoms with Crippen molar-refractivity contribution in [2.45, 2.75) is 25.8 Å². The topological polar surface area (TPSA) is 66.7 Å². The van der Waals surface area contributed by atoms with Crippen molar-refractivity contribution in [2.75, 3.05) is 12.3 Å². The molecule has 0 aliphatic carbocycles. The van der Waals surface area contributed by atoms with Gasteiger partial charge in [-0.2, -0.15) is 0 Å². The second-order valence-electron chi connectivity index (χ2n) is 3.45. The Labute approximate surface area is 71.6 Å². The van der Waals surface area contributed by atoms with E-state index in [0.29, 0.717) is 17.9 Å². The number of fused-ring (bicyclic) bond motifs is 1. The summed E-state index contributed by atoms with van der Waals surface area (Å²) in [6.07, 6.45) is 0. The minimum Gasteiger partial charge on any atom is -0.369 e. The van der Waals surface area contributed by atoms with Gasteiger partial charge in [0.05, 0.1) is 11.4 Å². The number of hydrogen-bond acceptors (Lipinski definition) is 3. The third kappa shape index (κ3) is 0.992. The number of nitrogens with zero attached hydrogens (tertiary/aromatic N) is 1. The molecule has 1 aliphatic heterocycles. The zero-order chi connectivity index (χ0) is 8.72. The zero-order valence-electron chi connectivity index (χ0n) is 7.39. The smallest absolute Gasteiger partial charge is 0.197 e. The SMILES string of the molecule is CC1CNC(C)c2[nH]c(N)nc21. The van der Waals surface area contributed by atoms with E-state index in [0.717, 1.165) is 17.9 Å². The molecule has 0 spiro atoms. The number of aromatic amines is 1. The second-order valence-corrected chi connectivity index (χ2v) is 3.45. The van der Waals surface area contributed by atoms with Gasteiger partial charge < -0.3 is 16.0 Å². The van der Waals surface area contributed by atoms with E-state index < -0.39 is 0 Å². The van der Waals surface area contributed by atoms with Crippen molar-refractivity contribution < 1.29 is 0 Å². The van der Waals surface area contributed by atoms with Crippen molar-refractivity contribution in [1.82, 2.24) is 15.3 Å². The number of aromatic nitrogens is 2. The van der Waals surface area contributed by atoms with Gasteiger partial charge in [-0.1, -0.05) is 6.92 Å². The summed E-state index contributed by atoms with van der Waals surface area (Å²) in [5, 5.41) is 3.37. The van der Waals surface area contributed by atoms with E-state index >= 15 is 0 Å². The van der Waals surface area contributed by atoms with Crippen LogP contribution >= 0.6 is 0 Å². The van der Waals surface area contributed by atoms with Crippen LogP contribution in [-0.2, 0) is 0 Å². The fourth-order valence-corrected chi connectivity index (χ4v) is 1.68. The van der Waals surface area contributed by atoms with Crippen molar-refractivity contribution in [3.63, 3.8) is 0 Å². The van der Waals surface area contributed by atoms with Gasteiger partial charge in [0.2, 0.25) is 0 Å². The summed E-state index contributed by atoms with van der Waals surface area (Å²) in [4.78, 5) is 7.35. The van der Waals surface area contributed by atoms with Gasteiger partial charge in [-0.3, -0.25) is 0 Å². The van der Waals surface area contributed by atoms with Gasteiger partial charge in [0.25, 0.3) is 0 Å². The average molecular weight is 166 g/mol. The highest BCUT2D eigenvalue weighted by atomic mass is 15.1. The normalized spacial score (nSPS) is 28.5. The van der Waals surface area contributed by atoms with Crippen LogP contribution in [0.5, 0.6) is 0 Å². The third-order valence-corrected chi connectivity index (χ3v) is 2.41. The molecule has 4 N–H and O–H groups in total. The minimum atomic E-state index is 0.348.